The van der Waals surface area contributed by atoms with Crippen LogP contribution in [0.15, 0.2) is 5.76 Å². The lowest BCUT2D eigenvalue weighted by atomic mass is 9.91. The zero-order chi connectivity index (χ0) is 22.7. The van der Waals surface area contributed by atoms with Crippen molar-refractivity contribution in [3.05, 3.63) is 17.0 Å². The van der Waals surface area contributed by atoms with Gasteiger partial charge in [0.1, 0.15) is 30.5 Å². The van der Waals surface area contributed by atoms with E-state index in [4.69, 9.17) is 14.5 Å². The Hall–Kier alpha value is -2.00. The van der Waals surface area contributed by atoms with Crippen LogP contribution in [0.3, 0.4) is 0 Å². The van der Waals surface area contributed by atoms with Gasteiger partial charge in [0, 0.05) is 36.7 Å². The highest BCUT2D eigenvalue weighted by Gasteiger charge is 2.49. The molecule has 1 N–H and O–H groups in total. The number of hydrogen-bond acceptors (Lipinski definition) is 7. The quantitative estimate of drug-likeness (QED) is 0.740. The van der Waals surface area contributed by atoms with Gasteiger partial charge in [-0.1, -0.05) is 0 Å². The molecule has 0 aromatic carbocycles. The molecule has 180 valence electrons. The lowest BCUT2D eigenvalue weighted by Gasteiger charge is -2.41. The number of fused-ring (bicyclic) bond motifs is 8. The minimum Gasteiger partial charge on any atom is -0.493 e. The molecule has 0 aliphatic carbocycles. The summed E-state index contributed by atoms with van der Waals surface area (Å²) in [7, 11) is 0. The summed E-state index contributed by atoms with van der Waals surface area (Å²) in [6, 6.07) is 0.963. The first kappa shape index (κ1) is 21.5. The molecule has 0 saturated carbocycles. The molecule has 4 bridgehead atoms. The van der Waals surface area contributed by atoms with Crippen LogP contribution in [-0.2, 0) is 4.74 Å². The summed E-state index contributed by atoms with van der Waals surface area (Å²) in [4.78, 5) is 14.0. The van der Waals surface area contributed by atoms with E-state index in [2.05, 4.69) is 20.1 Å². The Bertz CT molecular complexity index is 974. The van der Waals surface area contributed by atoms with E-state index in [0.717, 1.165) is 63.1 Å². The van der Waals surface area contributed by atoms with E-state index in [0.29, 0.717) is 25.3 Å². The summed E-state index contributed by atoms with van der Waals surface area (Å²) in [6.45, 7) is 6.62. The van der Waals surface area contributed by atoms with Crippen molar-refractivity contribution in [1.29, 1.82) is 0 Å². The normalized spacial score (nSPS) is 37.8. The zero-order valence-electron chi connectivity index (χ0n) is 19.4. The smallest absolute Gasteiger partial charge is 0.319 e. The Kier molecular flexibility index (Phi) is 5.25. The average molecular weight is 462 g/mol. The van der Waals surface area contributed by atoms with Crippen LogP contribution < -0.4 is 15.0 Å². The molecule has 0 radical (unpaired) electrons. The van der Waals surface area contributed by atoms with E-state index in [9.17, 15) is 4.39 Å². The molecule has 6 rings (SSSR count). The minimum absolute atomic E-state index is 0.0605. The maximum atomic E-state index is 15.4. The Morgan fingerprint density at radius 1 is 1.24 bits per heavy atom. The maximum absolute atomic E-state index is 15.4. The summed E-state index contributed by atoms with van der Waals surface area (Å²) in [5.74, 6) is 0.585. The standard InChI is InChI=1S/C24H33F2N5O2/c1-14-21-20(26)15(2)32-12-19-18-5-4-17(27-18)11-31(19)22(14)29-23(28-21)33-13-24-6-3-7-30(24)10-16(8-24)9-25/h16-19,27H,3-13H2,1-2H3/b20-15+/t16?,17-,18+,19-,24+/m1/s1. The molecule has 1 aromatic heterocycles. The second-order valence-corrected chi connectivity index (χ2v) is 10.5. The molecule has 4 fully saturated rings. The number of ether oxygens (including phenoxy) is 2. The third kappa shape index (κ3) is 3.50. The molecule has 5 atom stereocenters. The number of nitrogens with zero attached hydrogens (tertiary/aromatic N) is 4. The monoisotopic (exact) mass is 461 g/mol. The lowest BCUT2D eigenvalue weighted by molar-refractivity contribution is 0.107. The highest BCUT2D eigenvalue weighted by Crippen LogP contribution is 2.42. The largest absolute Gasteiger partial charge is 0.493 e. The first-order valence-corrected chi connectivity index (χ1v) is 12.3. The van der Waals surface area contributed by atoms with Crippen LogP contribution in [0.2, 0.25) is 0 Å². The fourth-order valence-electron chi connectivity index (χ4n) is 6.77. The lowest BCUT2D eigenvalue weighted by Crippen LogP contribution is -2.60. The Morgan fingerprint density at radius 2 is 2.12 bits per heavy atom. The van der Waals surface area contributed by atoms with E-state index in [-0.39, 0.29) is 41.6 Å². The average Bonchev–Trinajstić information content (AvgIpc) is 3.49. The van der Waals surface area contributed by atoms with Crippen LogP contribution in [0.4, 0.5) is 14.6 Å². The molecular formula is C24H33F2N5O2. The SMILES string of the molecule is C/C1=C(\F)c2nc(OC[C@@]34CCCN3CC(CF)C4)nc(c2C)N2C[C@H]3CC[C@H](N3)[C@H]2CO1. The van der Waals surface area contributed by atoms with Crippen molar-refractivity contribution in [1.82, 2.24) is 20.2 Å². The van der Waals surface area contributed by atoms with Gasteiger partial charge in [-0.25, -0.2) is 4.39 Å². The first-order valence-electron chi connectivity index (χ1n) is 12.3. The van der Waals surface area contributed by atoms with Gasteiger partial charge in [-0.15, -0.1) is 0 Å². The van der Waals surface area contributed by atoms with Crippen molar-refractivity contribution < 1.29 is 18.3 Å². The summed E-state index contributed by atoms with van der Waals surface area (Å²) in [6.07, 6.45) is 5.07. The number of rotatable bonds is 4. The molecule has 9 heteroatoms. The highest BCUT2D eigenvalue weighted by atomic mass is 19.1. The van der Waals surface area contributed by atoms with Gasteiger partial charge < -0.3 is 19.7 Å². The fraction of sp³-hybridized carbons (Fsp3) is 0.750. The van der Waals surface area contributed by atoms with Gasteiger partial charge >= 0.3 is 6.01 Å². The van der Waals surface area contributed by atoms with Gasteiger partial charge in [-0.05, 0) is 52.5 Å². The third-order valence-corrected chi connectivity index (χ3v) is 8.49. The number of anilines is 1. The molecule has 5 aliphatic heterocycles. The van der Waals surface area contributed by atoms with Crippen molar-refractivity contribution in [3.63, 3.8) is 0 Å². The number of nitrogens with one attached hydrogen (secondary N) is 1. The van der Waals surface area contributed by atoms with Crippen molar-refractivity contribution in [3.8, 4) is 6.01 Å². The van der Waals surface area contributed by atoms with Gasteiger partial charge in [-0.3, -0.25) is 9.29 Å². The fourth-order valence-corrected chi connectivity index (χ4v) is 6.77. The van der Waals surface area contributed by atoms with Crippen molar-refractivity contribution >= 4 is 11.6 Å². The van der Waals surface area contributed by atoms with Gasteiger partial charge in [0.25, 0.3) is 0 Å². The van der Waals surface area contributed by atoms with Crippen LogP contribution in [0, 0.1) is 12.8 Å². The predicted octanol–water partition coefficient (Wildman–Crippen LogP) is 2.99. The van der Waals surface area contributed by atoms with E-state index < -0.39 is 5.83 Å². The van der Waals surface area contributed by atoms with Crippen molar-refractivity contribution in [2.24, 2.45) is 5.92 Å². The molecule has 1 unspecified atom stereocenters. The predicted molar refractivity (Wildman–Crippen MR) is 121 cm³/mol. The number of allylic oxidation sites excluding steroid dienone is 1. The molecule has 0 spiro atoms. The molecule has 33 heavy (non-hydrogen) atoms. The van der Waals surface area contributed by atoms with E-state index in [1.807, 2.05) is 6.92 Å². The van der Waals surface area contributed by atoms with Crippen LogP contribution in [0.25, 0.3) is 5.83 Å². The number of alkyl halides is 1. The summed E-state index contributed by atoms with van der Waals surface area (Å²) >= 11 is 0. The van der Waals surface area contributed by atoms with E-state index in [1.54, 1.807) is 6.92 Å². The highest BCUT2D eigenvalue weighted by molar-refractivity contribution is 5.67. The van der Waals surface area contributed by atoms with Gasteiger partial charge in [0.05, 0.1) is 18.3 Å². The minimum atomic E-state index is -0.460. The molecule has 5 aliphatic rings. The van der Waals surface area contributed by atoms with Gasteiger partial charge in [0.2, 0.25) is 0 Å². The van der Waals surface area contributed by atoms with Crippen LogP contribution in [-0.4, -0.2) is 78.1 Å². The molecule has 6 heterocycles. The van der Waals surface area contributed by atoms with Crippen molar-refractivity contribution in [2.75, 3.05) is 44.4 Å². The van der Waals surface area contributed by atoms with Crippen LogP contribution in [0.1, 0.15) is 50.3 Å². The summed E-state index contributed by atoms with van der Waals surface area (Å²) < 4.78 is 40.9. The van der Waals surface area contributed by atoms with Crippen LogP contribution in [0.5, 0.6) is 6.01 Å². The van der Waals surface area contributed by atoms with E-state index in [1.165, 1.54) is 0 Å². The maximum Gasteiger partial charge on any atom is 0.319 e. The number of aromatic nitrogens is 2. The molecule has 1 aromatic rings. The second kappa shape index (κ2) is 8.05. The second-order valence-electron chi connectivity index (χ2n) is 10.5. The summed E-state index contributed by atoms with van der Waals surface area (Å²) in [5.41, 5.74) is 0.798. The van der Waals surface area contributed by atoms with Gasteiger partial charge in [-0.2, -0.15) is 9.97 Å². The third-order valence-electron chi connectivity index (χ3n) is 8.49. The Labute approximate surface area is 193 Å². The molecular weight excluding hydrogens is 428 g/mol. The Balaban J connectivity index is 1.35. The molecule has 4 saturated heterocycles. The molecule has 0 amide bonds. The summed E-state index contributed by atoms with van der Waals surface area (Å²) in [5, 5.41) is 3.68. The van der Waals surface area contributed by atoms with Gasteiger partial charge in [0.15, 0.2) is 5.83 Å². The van der Waals surface area contributed by atoms with Crippen molar-refractivity contribution in [2.45, 2.75) is 69.6 Å². The Morgan fingerprint density at radius 3 is 2.97 bits per heavy atom. The zero-order valence-corrected chi connectivity index (χ0v) is 19.4. The number of halogens is 2. The number of hydrogen-bond donors (Lipinski definition) is 1. The molecule has 7 nitrogen and oxygen atoms in total. The first-order chi connectivity index (χ1) is 16.0. The topological polar surface area (TPSA) is 62.8 Å². The number of piperazine rings is 1. The van der Waals surface area contributed by atoms with E-state index >= 15 is 4.39 Å². The van der Waals surface area contributed by atoms with Crippen LogP contribution >= 0.6 is 0 Å².